The van der Waals surface area contributed by atoms with Crippen LogP contribution in [0.2, 0.25) is 0 Å². The van der Waals surface area contributed by atoms with E-state index in [-0.39, 0.29) is 12.2 Å². The van der Waals surface area contributed by atoms with Crippen LogP contribution in [-0.4, -0.2) is 80.5 Å². The molecule has 5 atom stereocenters. The van der Waals surface area contributed by atoms with Crippen molar-refractivity contribution >= 4 is 5.97 Å². The van der Waals surface area contributed by atoms with Crippen LogP contribution in [-0.2, 0) is 9.47 Å². The predicted octanol–water partition coefficient (Wildman–Crippen LogP) is -1.16. The van der Waals surface area contributed by atoms with Crippen LogP contribution in [0.5, 0.6) is 17.2 Å². The molecule has 6 N–H and O–H groups in total. The van der Waals surface area contributed by atoms with Crippen molar-refractivity contribution < 1.29 is 49.6 Å². The summed E-state index contributed by atoms with van der Waals surface area (Å²) in [6.45, 7) is 1.30. The van der Waals surface area contributed by atoms with Crippen LogP contribution in [0.3, 0.4) is 0 Å². The Kier molecular flexibility index (Phi) is 6.62. The number of aliphatic hydroxyl groups excluding tert-OH is 4. The monoisotopic (exact) mass is 374 g/mol. The van der Waals surface area contributed by atoms with E-state index in [0.717, 1.165) is 12.1 Å². The number of phenolic OH excluding ortho intramolecular Hbond substituents is 2. The molecule has 10 heteroatoms. The van der Waals surface area contributed by atoms with Gasteiger partial charge in [-0.2, -0.15) is 0 Å². The number of esters is 1. The number of aliphatic hydroxyl groups is 4. The first kappa shape index (κ1) is 20.2. The topological polar surface area (TPSA) is 166 Å². The highest BCUT2D eigenvalue weighted by Gasteiger charge is 2.45. The van der Waals surface area contributed by atoms with Gasteiger partial charge in [0.1, 0.15) is 24.4 Å². The van der Waals surface area contributed by atoms with E-state index >= 15 is 0 Å². The van der Waals surface area contributed by atoms with E-state index in [1.165, 1.54) is 0 Å². The number of hydrogen-bond donors (Lipinski definition) is 6. The number of benzene rings is 1. The lowest BCUT2D eigenvalue weighted by Gasteiger charge is -2.39. The SMILES string of the molecule is CCCOC(=O)c1cc(O)c(O)c(OC2O[C@H](CO)[C@@H](O)[C@H](O)[C@@H]2O)c1. The Bertz CT molecular complexity index is 632. The molecule has 1 heterocycles. The maximum absolute atomic E-state index is 11.9. The molecular weight excluding hydrogens is 352 g/mol. The van der Waals surface area contributed by atoms with E-state index in [4.69, 9.17) is 19.3 Å². The Morgan fingerprint density at radius 2 is 1.85 bits per heavy atom. The summed E-state index contributed by atoms with van der Waals surface area (Å²) >= 11 is 0. The minimum atomic E-state index is -1.72. The molecule has 1 unspecified atom stereocenters. The van der Waals surface area contributed by atoms with Gasteiger partial charge in [0.25, 0.3) is 0 Å². The van der Waals surface area contributed by atoms with Crippen LogP contribution in [0.25, 0.3) is 0 Å². The molecule has 0 radical (unpaired) electrons. The average molecular weight is 374 g/mol. The summed E-state index contributed by atoms with van der Waals surface area (Å²) < 4.78 is 15.3. The number of carbonyl (C=O) groups excluding carboxylic acids is 1. The maximum Gasteiger partial charge on any atom is 0.338 e. The number of carbonyl (C=O) groups is 1. The van der Waals surface area contributed by atoms with Gasteiger partial charge in [-0.25, -0.2) is 4.79 Å². The Balaban J connectivity index is 2.25. The quantitative estimate of drug-likeness (QED) is 0.264. The van der Waals surface area contributed by atoms with Crippen molar-refractivity contribution in [3.63, 3.8) is 0 Å². The molecule has 0 aliphatic carbocycles. The van der Waals surface area contributed by atoms with Crippen LogP contribution in [0.1, 0.15) is 23.7 Å². The van der Waals surface area contributed by atoms with Crippen molar-refractivity contribution in [2.24, 2.45) is 0 Å². The maximum atomic E-state index is 11.9. The Labute approximate surface area is 148 Å². The van der Waals surface area contributed by atoms with Crippen molar-refractivity contribution in [1.29, 1.82) is 0 Å². The summed E-state index contributed by atoms with van der Waals surface area (Å²) in [5, 5.41) is 58.3. The summed E-state index contributed by atoms with van der Waals surface area (Å²) in [6.07, 6.45) is -7.19. The summed E-state index contributed by atoms with van der Waals surface area (Å²) in [4.78, 5) is 11.9. The second-order valence-electron chi connectivity index (χ2n) is 5.79. The van der Waals surface area contributed by atoms with Crippen molar-refractivity contribution in [2.75, 3.05) is 13.2 Å². The van der Waals surface area contributed by atoms with E-state index < -0.39 is 60.5 Å². The fourth-order valence-electron chi connectivity index (χ4n) is 2.37. The fourth-order valence-corrected chi connectivity index (χ4v) is 2.37. The zero-order chi connectivity index (χ0) is 19.4. The van der Waals surface area contributed by atoms with Crippen LogP contribution >= 0.6 is 0 Å². The Morgan fingerprint density at radius 1 is 1.15 bits per heavy atom. The predicted molar refractivity (Wildman–Crippen MR) is 84.7 cm³/mol. The first-order valence-corrected chi connectivity index (χ1v) is 8.00. The number of hydrogen-bond acceptors (Lipinski definition) is 10. The number of aromatic hydroxyl groups is 2. The first-order chi connectivity index (χ1) is 12.3. The third-order valence-electron chi connectivity index (χ3n) is 3.82. The van der Waals surface area contributed by atoms with Crippen LogP contribution < -0.4 is 4.74 Å². The van der Waals surface area contributed by atoms with E-state index in [1.807, 2.05) is 0 Å². The van der Waals surface area contributed by atoms with Crippen LogP contribution in [0.15, 0.2) is 12.1 Å². The molecule has 26 heavy (non-hydrogen) atoms. The van der Waals surface area contributed by atoms with E-state index in [9.17, 15) is 30.3 Å². The largest absolute Gasteiger partial charge is 0.504 e. The Hall–Kier alpha value is -2.11. The third-order valence-corrected chi connectivity index (χ3v) is 3.82. The first-order valence-electron chi connectivity index (χ1n) is 8.00. The zero-order valence-corrected chi connectivity index (χ0v) is 14.0. The number of ether oxygens (including phenoxy) is 3. The second kappa shape index (κ2) is 8.52. The Morgan fingerprint density at radius 3 is 2.46 bits per heavy atom. The van der Waals surface area contributed by atoms with Crippen molar-refractivity contribution in [2.45, 2.75) is 44.1 Å². The van der Waals surface area contributed by atoms with Gasteiger partial charge in [-0.15, -0.1) is 0 Å². The summed E-state index contributed by atoms with van der Waals surface area (Å²) in [7, 11) is 0. The minimum Gasteiger partial charge on any atom is -0.504 e. The summed E-state index contributed by atoms with van der Waals surface area (Å²) in [5.74, 6) is -2.58. The molecule has 0 aromatic heterocycles. The average Bonchev–Trinajstić information content (AvgIpc) is 2.63. The normalized spacial score (nSPS) is 28.6. The van der Waals surface area contributed by atoms with E-state index in [0.29, 0.717) is 6.42 Å². The van der Waals surface area contributed by atoms with Crippen LogP contribution in [0.4, 0.5) is 0 Å². The summed E-state index contributed by atoms with van der Waals surface area (Å²) in [6, 6.07) is 2.04. The molecule has 1 fully saturated rings. The summed E-state index contributed by atoms with van der Waals surface area (Å²) in [5.41, 5.74) is -0.117. The van der Waals surface area contributed by atoms with Gasteiger partial charge in [0.05, 0.1) is 18.8 Å². The van der Waals surface area contributed by atoms with Crippen molar-refractivity contribution in [3.05, 3.63) is 17.7 Å². The molecule has 1 aromatic carbocycles. The van der Waals surface area contributed by atoms with Crippen LogP contribution in [0, 0.1) is 0 Å². The van der Waals surface area contributed by atoms with Crippen molar-refractivity contribution in [3.8, 4) is 17.2 Å². The highest BCUT2D eigenvalue weighted by atomic mass is 16.7. The zero-order valence-electron chi connectivity index (χ0n) is 14.0. The molecular formula is C16H22O10. The highest BCUT2D eigenvalue weighted by molar-refractivity contribution is 5.91. The van der Waals surface area contributed by atoms with Crippen molar-refractivity contribution in [1.82, 2.24) is 0 Å². The van der Waals surface area contributed by atoms with Gasteiger partial charge in [0.2, 0.25) is 12.0 Å². The lowest BCUT2D eigenvalue weighted by atomic mass is 9.99. The van der Waals surface area contributed by atoms with Gasteiger partial charge >= 0.3 is 5.97 Å². The molecule has 1 saturated heterocycles. The standard InChI is InChI=1S/C16H22O10/c1-2-3-24-15(23)7-4-8(18)11(19)9(5-7)25-16-14(22)13(21)12(20)10(6-17)26-16/h4-5,10,12-14,16-22H,2-3,6H2,1H3/t10-,12-,13+,14+,16?/m1/s1. The molecule has 146 valence electrons. The van der Waals surface area contributed by atoms with Gasteiger partial charge in [-0.3, -0.25) is 0 Å². The van der Waals surface area contributed by atoms with Gasteiger partial charge in [-0.05, 0) is 18.6 Å². The second-order valence-corrected chi connectivity index (χ2v) is 5.79. The molecule has 1 aromatic rings. The van der Waals surface area contributed by atoms with Gasteiger partial charge in [-0.1, -0.05) is 6.92 Å². The van der Waals surface area contributed by atoms with Gasteiger partial charge in [0.15, 0.2) is 11.5 Å². The highest BCUT2D eigenvalue weighted by Crippen LogP contribution is 2.38. The molecule has 0 amide bonds. The molecule has 0 saturated carbocycles. The lowest BCUT2D eigenvalue weighted by Crippen LogP contribution is -2.60. The fraction of sp³-hybridized carbons (Fsp3) is 0.562. The molecule has 0 spiro atoms. The lowest BCUT2D eigenvalue weighted by molar-refractivity contribution is -0.277. The molecule has 1 aliphatic rings. The molecule has 1 aliphatic heterocycles. The molecule has 2 rings (SSSR count). The molecule has 10 nitrogen and oxygen atoms in total. The molecule has 0 bridgehead atoms. The van der Waals surface area contributed by atoms with Gasteiger partial charge in [0, 0.05) is 0 Å². The van der Waals surface area contributed by atoms with Gasteiger partial charge < -0.3 is 44.8 Å². The number of phenols is 2. The number of rotatable bonds is 6. The minimum absolute atomic E-state index is 0.117. The van der Waals surface area contributed by atoms with E-state index in [2.05, 4.69) is 0 Å². The smallest absolute Gasteiger partial charge is 0.338 e. The third kappa shape index (κ3) is 4.17. The van der Waals surface area contributed by atoms with E-state index in [1.54, 1.807) is 6.92 Å².